The molecule has 2 aromatic rings. The number of nitrogens with zero attached hydrogens (tertiary/aromatic N) is 2. The minimum absolute atomic E-state index is 0.218. The van der Waals surface area contributed by atoms with Crippen molar-refractivity contribution >= 4 is 11.6 Å². The fraction of sp³-hybridized carbons (Fsp3) is 0.409. The van der Waals surface area contributed by atoms with Crippen LogP contribution in [0.5, 0.6) is 0 Å². The van der Waals surface area contributed by atoms with Gasteiger partial charge in [0.2, 0.25) is 5.91 Å². The summed E-state index contributed by atoms with van der Waals surface area (Å²) in [5.74, 6) is 0.218. The zero-order valence-electron chi connectivity index (χ0n) is 15.4. The standard InChI is InChI=1S/C22H26N2O2/c1-22(11-12-23-13-15-26-16-14-23)19-9-5-6-10-20(19)24(21(22)25)17-18-7-3-2-4-8-18/h2-10H,11-17H2,1H3/t22-/m1/s1. The van der Waals surface area contributed by atoms with Crippen LogP contribution in [0.15, 0.2) is 54.6 Å². The summed E-state index contributed by atoms with van der Waals surface area (Å²) in [5, 5.41) is 0. The number of hydrogen-bond acceptors (Lipinski definition) is 3. The van der Waals surface area contributed by atoms with Crippen molar-refractivity contribution in [1.29, 1.82) is 0 Å². The Balaban J connectivity index is 1.58. The smallest absolute Gasteiger partial charge is 0.237 e. The highest BCUT2D eigenvalue weighted by molar-refractivity contribution is 6.07. The molecule has 1 atom stereocenters. The molecule has 1 saturated heterocycles. The summed E-state index contributed by atoms with van der Waals surface area (Å²) in [6.07, 6.45) is 0.841. The molecule has 26 heavy (non-hydrogen) atoms. The summed E-state index contributed by atoms with van der Waals surface area (Å²) in [4.78, 5) is 17.8. The quantitative estimate of drug-likeness (QED) is 0.830. The van der Waals surface area contributed by atoms with E-state index in [0.717, 1.165) is 56.1 Å². The van der Waals surface area contributed by atoms with E-state index in [1.807, 2.05) is 35.2 Å². The molecule has 0 saturated carbocycles. The fourth-order valence-corrected chi connectivity index (χ4v) is 4.07. The molecule has 1 fully saturated rings. The molecule has 0 aliphatic carbocycles. The lowest BCUT2D eigenvalue weighted by Crippen LogP contribution is -2.43. The SMILES string of the molecule is C[C@]1(CCN2CCOCC2)C(=O)N(Cc2ccccc2)c2ccccc21. The molecule has 4 nitrogen and oxygen atoms in total. The minimum atomic E-state index is -0.455. The number of morpholine rings is 1. The summed E-state index contributed by atoms with van der Waals surface area (Å²) in [7, 11) is 0. The van der Waals surface area contributed by atoms with Gasteiger partial charge in [-0.1, -0.05) is 48.5 Å². The highest BCUT2D eigenvalue weighted by Gasteiger charge is 2.46. The third kappa shape index (κ3) is 3.15. The van der Waals surface area contributed by atoms with Gasteiger partial charge in [0.1, 0.15) is 0 Å². The monoisotopic (exact) mass is 350 g/mol. The summed E-state index contributed by atoms with van der Waals surface area (Å²) < 4.78 is 5.44. The van der Waals surface area contributed by atoms with E-state index in [9.17, 15) is 4.79 Å². The van der Waals surface area contributed by atoms with Crippen LogP contribution >= 0.6 is 0 Å². The van der Waals surface area contributed by atoms with Gasteiger partial charge in [-0.2, -0.15) is 0 Å². The summed E-state index contributed by atoms with van der Waals surface area (Å²) >= 11 is 0. The van der Waals surface area contributed by atoms with E-state index in [-0.39, 0.29) is 5.91 Å². The molecular weight excluding hydrogens is 324 g/mol. The van der Waals surface area contributed by atoms with Crippen molar-refractivity contribution < 1.29 is 9.53 Å². The molecule has 0 radical (unpaired) electrons. The highest BCUT2D eigenvalue weighted by Crippen LogP contribution is 2.44. The molecule has 2 heterocycles. The second-order valence-electron chi connectivity index (χ2n) is 7.43. The van der Waals surface area contributed by atoms with Crippen molar-refractivity contribution in [3.05, 3.63) is 65.7 Å². The first-order valence-electron chi connectivity index (χ1n) is 9.44. The van der Waals surface area contributed by atoms with Gasteiger partial charge in [-0.05, 0) is 37.1 Å². The maximum Gasteiger partial charge on any atom is 0.237 e. The number of rotatable bonds is 5. The van der Waals surface area contributed by atoms with Gasteiger partial charge >= 0.3 is 0 Å². The molecule has 0 bridgehead atoms. The topological polar surface area (TPSA) is 32.8 Å². The number of benzene rings is 2. The van der Waals surface area contributed by atoms with Gasteiger partial charge in [0, 0.05) is 18.8 Å². The zero-order valence-corrected chi connectivity index (χ0v) is 15.4. The van der Waals surface area contributed by atoms with Crippen LogP contribution in [-0.2, 0) is 21.5 Å². The lowest BCUT2D eigenvalue weighted by Gasteiger charge is -2.31. The molecule has 4 rings (SSSR count). The normalized spacial score (nSPS) is 23.3. The second kappa shape index (κ2) is 7.22. The maximum atomic E-state index is 13.4. The lowest BCUT2D eigenvalue weighted by molar-refractivity contribution is -0.123. The Morgan fingerprint density at radius 3 is 2.46 bits per heavy atom. The van der Waals surface area contributed by atoms with E-state index < -0.39 is 5.41 Å². The number of para-hydroxylation sites is 1. The Hall–Kier alpha value is -2.17. The Morgan fingerprint density at radius 2 is 1.69 bits per heavy atom. The predicted octanol–water partition coefficient (Wildman–Crippen LogP) is 3.21. The molecule has 1 amide bonds. The van der Waals surface area contributed by atoms with Gasteiger partial charge in [-0.25, -0.2) is 0 Å². The fourth-order valence-electron chi connectivity index (χ4n) is 4.07. The van der Waals surface area contributed by atoms with E-state index in [1.165, 1.54) is 0 Å². The van der Waals surface area contributed by atoms with E-state index >= 15 is 0 Å². The average Bonchev–Trinajstić information content (AvgIpc) is 2.91. The number of hydrogen-bond donors (Lipinski definition) is 0. The molecular formula is C22H26N2O2. The highest BCUT2D eigenvalue weighted by atomic mass is 16.5. The third-order valence-electron chi connectivity index (χ3n) is 5.72. The van der Waals surface area contributed by atoms with Crippen LogP contribution < -0.4 is 4.90 Å². The number of amides is 1. The Labute approximate surface area is 155 Å². The van der Waals surface area contributed by atoms with Crippen molar-refractivity contribution in [2.75, 3.05) is 37.7 Å². The Bertz CT molecular complexity index is 771. The predicted molar refractivity (Wildman–Crippen MR) is 103 cm³/mol. The van der Waals surface area contributed by atoms with Crippen LogP contribution in [-0.4, -0.2) is 43.7 Å². The molecule has 2 aliphatic heterocycles. The second-order valence-corrected chi connectivity index (χ2v) is 7.43. The maximum absolute atomic E-state index is 13.4. The van der Waals surface area contributed by atoms with Gasteiger partial charge in [-0.3, -0.25) is 9.69 Å². The number of anilines is 1. The Morgan fingerprint density at radius 1 is 1.00 bits per heavy atom. The summed E-state index contributed by atoms with van der Waals surface area (Å²) in [5.41, 5.74) is 2.93. The van der Waals surface area contributed by atoms with Gasteiger partial charge < -0.3 is 9.64 Å². The van der Waals surface area contributed by atoms with E-state index in [0.29, 0.717) is 6.54 Å². The molecule has 4 heteroatoms. The van der Waals surface area contributed by atoms with E-state index in [4.69, 9.17) is 4.74 Å². The van der Waals surface area contributed by atoms with Crippen LogP contribution in [0.25, 0.3) is 0 Å². The van der Waals surface area contributed by atoms with Crippen molar-refractivity contribution in [2.45, 2.75) is 25.3 Å². The van der Waals surface area contributed by atoms with Crippen LogP contribution in [0.3, 0.4) is 0 Å². The van der Waals surface area contributed by atoms with E-state index in [1.54, 1.807) is 0 Å². The van der Waals surface area contributed by atoms with Crippen LogP contribution in [0.1, 0.15) is 24.5 Å². The van der Waals surface area contributed by atoms with Gasteiger partial charge in [0.25, 0.3) is 0 Å². The average molecular weight is 350 g/mol. The van der Waals surface area contributed by atoms with Crippen molar-refractivity contribution in [3.63, 3.8) is 0 Å². The molecule has 0 aromatic heterocycles. The minimum Gasteiger partial charge on any atom is -0.379 e. The first-order valence-corrected chi connectivity index (χ1v) is 9.44. The number of carbonyl (C=O) groups excluding carboxylic acids is 1. The van der Waals surface area contributed by atoms with Gasteiger partial charge in [-0.15, -0.1) is 0 Å². The molecule has 2 aromatic carbocycles. The van der Waals surface area contributed by atoms with Crippen LogP contribution in [0.4, 0.5) is 5.69 Å². The first kappa shape index (κ1) is 17.3. The molecule has 0 unspecified atom stereocenters. The van der Waals surface area contributed by atoms with Gasteiger partial charge in [0.05, 0.1) is 25.2 Å². The lowest BCUT2D eigenvalue weighted by atomic mass is 9.80. The van der Waals surface area contributed by atoms with Crippen LogP contribution in [0, 0.1) is 0 Å². The van der Waals surface area contributed by atoms with E-state index in [2.05, 4.69) is 36.1 Å². The van der Waals surface area contributed by atoms with Crippen LogP contribution in [0.2, 0.25) is 0 Å². The van der Waals surface area contributed by atoms with Crippen molar-refractivity contribution in [3.8, 4) is 0 Å². The van der Waals surface area contributed by atoms with Gasteiger partial charge in [0.15, 0.2) is 0 Å². The molecule has 2 aliphatic rings. The third-order valence-corrected chi connectivity index (χ3v) is 5.72. The summed E-state index contributed by atoms with van der Waals surface area (Å²) in [6.45, 7) is 7.17. The number of carbonyl (C=O) groups is 1. The largest absolute Gasteiger partial charge is 0.379 e. The van der Waals surface area contributed by atoms with Crippen molar-refractivity contribution in [1.82, 2.24) is 4.90 Å². The Kier molecular flexibility index (Phi) is 4.79. The van der Waals surface area contributed by atoms with Crippen molar-refractivity contribution in [2.24, 2.45) is 0 Å². The number of ether oxygens (including phenoxy) is 1. The molecule has 136 valence electrons. The number of fused-ring (bicyclic) bond motifs is 1. The molecule has 0 spiro atoms. The first-order chi connectivity index (χ1) is 12.7. The molecule has 0 N–H and O–H groups in total. The summed E-state index contributed by atoms with van der Waals surface area (Å²) in [6, 6.07) is 18.5. The zero-order chi connectivity index (χ0) is 18.0.